The van der Waals surface area contributed by atoms with E-state index in [9.17, 15) is 4.79 Å². The predicted octanol–water partition coefficient (Wildman–Crippen LogP) is 1.68. The summed E-state index contributed by atoms with van der Waals surface area (Å²) in [6, 6.07) is 0. The minimum Gasteiger partial charge on any atom is -0.462 e. The zero-order valence-electron chi connectivity index (χ0n) is 8.66. The van der Waals surface area contributed by atoms with Crippen molar-refractivity contribution in [1.82, 2.24) is 0 Å². The Balaban J connectivity index is 3.77. The van der Waals surface area contributed by atoms with Crippen LogP contribution in [0.3, 0.4) is 0 Å². The van der Waals surface area contributed by atoms with Crippen LogP contribution >= 0.6 is 0 Å². The smallest absolute Gasteiger partial charge is 0.333 e. The van der Waals surface area contributed by atoms with Gasteiger partial charge in [0.1, 0.15) is 0 Å². The highest BCUT2D eigenvalue weighted by molar-refractivity contribution is 5.86. The number of rotatable bonds is 7. The standard InChI is InChI=1S/C11H18O3/c1-4-5-6-10(7-12)8-14-11(13)9(2)3/h4,10,12H,1-2,5-8H2,3H3. The zero-order chi connectivity index (χ0) is 11.0. The number of aliphatic hydroxyl groups excluding tert-OH is 1. The highest BCUT2D eigenvalue weighted by Gasteiger charge is 2.10. The Morgan fingerprint density at radius 2 is 2.29 bits per heavy atom. The van der Waals surface area contributed by atoms with Crippen LogP contribution in [0.2, 0.25) is 0 Å². The summed E-state index contributed by atoms with van der Waals surface area (Å²) in [6.45, 7) is 8.92. The van der Waals surface area contributed by atoms with E-state index in [1.54, 1.807) is 13.0 Å². The molecule has 0 radical (unpaired) electrons. The molecular weight excluding hydrogens is 180 g/mol. The molecule has 1 N–H and O–H groups in total. The number of allylic oxidation sites excluding steroid dienone is 1. The summed E-state index contributed by atoms with van der Waals surface area (Å²) in [6.07, 6.45) is 3.38. The van der Waals surface area contributed by atoms with Gasteiger partial charge in [0.2, 0.25) is 0 Å². The number of carbonyl (C=O) groups excluding carboxylic acids is 1. The van der Waals surface area contributed by atoms with Crippen molar-refractivity contribution >= 4 is 5.97 Å². The van der Waals surface area contributed by atoms with Gasteiger partial charge in [0.05, 0.1) is 6.61 Å². The van der Waals surface area contributed by atoms with Crippen LogP contribution < -0.4 is 0 Å². The van der Waals surface area contributed by atoms with Gasteiger partial charge in [-0.3, -0.25) is 0 Å². The maximum atomic E-state index is 11.0. The molecule has 0 amide bonds. The molecule has 0 spiro atoms. The van der Waals surface area contributed by atoms with Crippen LogP contribution in [0.1, 0.15) is 19.8 Å². The highest BCUT2D eigenvalue weighted by atomic mass is 16.5. The van der Waals surface area contributed by atoms with Gasteiger partial charge < -0.3 is 9.84 Å². The molecular formula is C11H18O3. The Bertz CT molecular complexity index is 209. The normalized spacial score (nSPS) is 11.9. The SMILES string of the molecule is C=CCCC(CO)COC(=O)C(=C)C. The third-order valence-electron chi connectivity index (χ3n) is 1.84. The summed E-state index contributed by atoms with van der Waals surface area (Å²) in [5.41, 5.74) is 0.380. The number of ether oxygens (including phenoxy) is 1. The summed E-state index contributed by atoms with van der Waals surface area (Å²) in [5.74, 6) is -0.404. The van der Waals surface area contributed by atoms with Crippen molar-refractivity contribution in [3.63, 3.8) is 0 Å². The maximum absolute atomic E-state index is 11.0. The molecule has 0 aliphatic carbocycles. The van der Waals surface area contributed by atoms with Crippen LogP contribution in [-0.2, 0) is 9.53 Å². The molecule has 1 atom stereocenters. The first-order chi connectivity index (χ1) is 6.61. The fourth-order valence-electron chi connectivity index (χ4n) is 0.898. The summed E-state index contributed by atoms with van der Waals surface area (Å²) in [4.78, 5) is 11.0. The fraction of sp³-hybridized carbons (Fsp3) is 0.545. The van der Waals surface area contributed by atoms with E-state index in [0.29, 0.717) is 5.57 Å². The van der Waals surface area contributed by atoms with E-state index in [-0.39, 0.29) is 19.1 Å². The molecule has 0 aromatic heterocycles. The minimum absolute atomic E-state index is 0.00343. The number of esters is 1. The van der Waals surface area contributed by atoms with Crippen LogP contribution in [-0.4, -0.2) is 24.3 Å². The quantitative estimate of drug-likeness (QED) is 0.384. The Labute approximate surface area is 85.1 Å². The monoisotopic (exact) mass is 198 g/mol. The van der Waals surface area contributed by atoms with Crippen LogP contribution in [0.4, 0.5) is 0 Å². The second kappa shape index (κ2) is 7.33. The van der Waals surface area contributed by atoms with Gasteiger partial charge in [-0.15, -0.1) is 6.58 Å². The van der Waals surface area contributed by atoms with Crippen molar-refractivity contribution in [3.8, 4) is 0 Å². The van der Waals surface area contributed by atoms with Gasteiger partial charge in [-0.25, -0.2) is 4.79 Å². The van der Waals surface area contributed by atoms with Crippen molar-refractivity contribution in [3.05, 3.63) is 24.8 Å². The fourth-order valence-corrected chi connectivity index (χ4v) is 0.898. The third kappa shape index (κ3) is 5.54. The molecule has 0 aromatic rings. The van der Waals surface area contributed by atoms with E-state index < -0.39 is 5.97 Å². The minimum atomic E-state index is -0.401. The van der Waals surface area contributed by atoms with E-state index in [2.05, 4.69) is 13.2 Å². The second-order valence-electron chi connectivity index (χ2n) is 3.29. The van der Waals surface area contributed by atoms with Crippen LogP contribution in [0, 0.1) is 5.92 Å². The number of hydrogen-bond acceptors (Lipinski definition) is 3. The molecule has 0 heterocycles. The first-order valence-corrected chi connectivity index (χ1v) is 4.66. The molecule has 0 aromatic carbocycles. The predicted molar refractivity (Wildman–Crippen MR) is 55.8 cm³/mol. The number of hydrogen-bond donors (Lipinski definition) is 1. The lowest BCUT2D eigenvalue weighted by Crippen LogP contribution is -2.17. The van der Waals surface area contributed by atoms with E-state index in [0.717, 1.165) is 12.8 Å². The molecule has 3 nitrogen and oxygen atoms in total. The Kier molecular flexibility index (Phi) is 6.76. The lowest BCUT2D eigenvalue weighted by molar-refractivity contribution is -0.140. The molecule has 1 unspecified atom stereocenters. The summed E-state index contributed by atoms with van der Waals surface area (Å²) < 4.78 is 4.92. The topological polar surface area (TPSA) is 46.5 Å². The first kappa shape index (κ1) is 12.9. The van der Waals surface area contributed by atoms with Gasteiger partial charge in [0.15, 0.2) is 0 Å². The molecule has 0 rings (SSSR count). The molecule has 14 heavy (non-hydrogen) atoms. The molecule has 0 fully saturated rings. The van der Waals surface area contributed by atoms with Crippen molar-refractivity contribution in [2.75, 3.05) is 13.2 Å². The van der Waals surface area contributed by atoms with E-state index in [4.69, 9.17) is 9.84 Å². The van der Waals surface area contributed by atoms with Gasteiger partial charge >= 0.3 is 5.97 Å². The second-order valence-corrected chi connectivity index (χ2v) is 3.29. The van der Waals surface area contributed by atoms with E-state index in [1.165, 1.54) is 0 Å². The molecule has 3 heteroatoms. The van der Waals surface area contributed by atoms with Crippen LogP contribution in [0.15, 0.2) is 24.8 Å². The summed E-state index contributed by atoms with van der Waals surface area (Å²) in [7, 11) is 0. The average molecular weight is 198 g/mol. The highest BCUT2D eigenvalue weighted by Crippen LogP contribution is 2.07. The molecule has 80 valence electrons. The first-order valence-electron chi connectivity index (χ1n) is 4.66. The number of aliphatic hydroxyl groups is 1. The van der Waals surface area contributed by atoms with Crippen LogP contribution in [0.25, 0.3) is 0 Å². The average Bonchev–Trinajstić information content (AvgIpc) is 2.17. The largest absolute Gasteiger partial charge is 0.462 e. The maximum Gasteiger partial charge on any atom is 0.333 e. The van der Waals surface area contributed by atoms with Gasteiger partial charge in [0.25, 0.3) is 0 Å². The molecule has 0 saturated carbocycles. The van der Waals surface area contributed by atoms with Gasteiger partial charge in [-0.05, 0) is 19.8 Å². The zero-order valence-corrected chi connectivity index (χ0v) is 8.66. The molecule has 0 aliphatic rings. The molecule has 0 bridgehead atoms. The van der Waals surface area contributed by atoms with E-state index >= 15 is 0 Å². The van der Waals surface area contributed by atoms with Gasteiger partial charge in [-0.2, -0.15) is 0 Å². The summed E-state index contributed by atoms with van der Waals surface area (Å²) >= 11 is 0. The number of carbonyl (C=O) groups is 1. The third-order valence-corrected chi connectivity index (χ3v) is 1.84. The molecule has 0 saturated heterocycles. The van der Waals surface area contributed by atoms with Crippen LogP contribution in [0.5, 0.6) is 0 Å². The van der Waals surface area contributed by atoms with Crippen molar-refractivity contribution in [2.24, 2.45) is 5.92 Å². The Morgan fingerprint density at radius 3 is 2.71 bits per heavy atom. The Hall–Kier alpha value is -1.09. The molecule has 0 aliphatic heterocycles. The van der Waals surface area contributed by atoms with Gasteiger partial charge in [-0.1, -0.05) is 12.7 Å². The summed E-state index contributed by atoms with van der Waals surface area (Å²) in [5, 5.41) is 8.96. The van der Waals surface area contributed by atoms with Crippen molar-refractivity contribution < 1.29 is 14.6 Å². The van der Waals surface area contributed by atoms with Crippen molar-refractivity contribution in [2.45, 2.75) is 19.8 Å². The lowest BCUT2D eigenvalue weighted by atomic mass is 10.1. The van der Waals surface area contributed by atoms with Crippen molar-refractivity contribution in [1.29, 1.82) is 0 Å². The van der Waals surface area contributed by atoms with E-state index in [1.807, 2.05) is 0 Å². The van der Waals surface area contributed by atoms with Gasteiger partial charge in [0, 0.05) is 18.1 Å². The lowest BCUT2D eigenvalue weighted by Gasteiger charge is -2.13. The Morgan fingerprint density at radius 1 is 1.64 bits per heavy atom.